The molecule has 148 valence electrons. The van der Waals surface area contributed by atoms with Gasteiger partial charge in [-0.2, -0.15) is 0 Å². The lowest BCUT2D eigenvalue weighted by molar-refractivity contribution is -0.137. The predicted molar refractivity (Wildman–Crippen MR) is 104 cm³/mol. The van der Waals surface area contributed by atoms with E-state index < -0.39 is 18.1 Å². The van der Waals surface area contributed by atoms with Gasteiger partial charge >= 0.3 is 15.0 Å². The number of rotatable bonds is 17. The molecule has 0 amide bonds. The standard InChI is InChI=1S/C17H36O6Si2/c1-6-13-20-25(21-14-7-2,23-24(4)5)22-16-12-10-9-11-15-19-17(18)8-3/h8,24H,3,6-7,9-16H2,1-2,4-5H3. The first-order valence-electron chi connectivity index (χ1n) is 9.38. The fourth-order valence-electron chi connectivity index (χ4n) is 1.96. The Bertz CT molecular complexity index is 344. The first-order chi connectivity index (χ1) is 12.0. The summed E-state index contributed by atoms with van der Waals surface area (Å²) in [4.78, 5) is 10.9. The predicted octanol–water partition coefficient (Wildman–Crippen LogP) is 3.58. The molecule has 0 spiro atoms. The van der Waals surface area contributed by atoms with E-state index in [-0.39, 0.29) is 5.97 Å². The number of ether oxygens (including phenoxy) is 1. The van der Waals surface area contributed by atoms with Crippen LogP contribution in [0.25, 0.3) is 0 Å². The highest BCUT2D eigenvalue weighted by Crippen LogP contribution is 2.16. The van der Waals surface area contributed by atoms with Gasteiger partial charge in [0, 0.05) is 25.9 Å². The van der Waals surface area contributed by atoms with Crippen LogP contribution in [0.1, 0.15) is 52.4 Å². The molecule has 0 aromatic heterocycles. The summed E-state index contributed by atoms with van der Waals surface area (Å²) in [5.41, 5.74) is 0. The first-order valence-corrected chi connectivity index (χ1v) is 13.8. The summed E-state index contributed by atoms with van der Waals surface area (Å²) in [6.07, 6.45) is 6.71. The quantitative estimate of drug-likeness (QED) is 0.163. The maximum absolute atomic E-state index is 10.9. The highest BCUT2D eigenvalue weighted by Gasteiger charge is 2.45. The van der Waals surface area contributed by atoms with Crippen LogP contribution in [0.2, 0.25) is 13.1 Å². The van der Waals surface area contributed by atoms with E-state index in [9.17, 15) is 4.79 Å². The molecule has 0 aliphatic heterocycles. The van der Waals surface area contributed by atoms with Crippen molar-refractivity contribution in [1.29, 1.82) is 0 Å². The summed E-state index contributed by atoms with van der Waals surface area (Å²) in [7, 11) is -4.35. The number of unbranched alkanes of at least 4 members (excludes halogenated alkanes) is 3. The second-order valence-electron chi connectivity index (χ2n) is 6.00. The van der Waals surface area contributed by atoms with Gasteiger partial charge in [0.1, 0.15) is 0 Å². The zero-order valence-corrected chi connectivity index (χ0v) is 18.5. The molecule has 0 aliphatic rings. The van der Waals surface area contributed by atoms with Gasteiger partial charge < -0.3 is 22.1 Å². The van der Waals surface area contributed by atoms with E-state index in [0.717, 1.165) is 38.5 Å². The molecule has 0 N–H and O–H groups in total. The largest absolute Gasteiger partial charge is 0.668 e. The lowest BCUT2D eigenvalue weighted by Gasteiger charge is -2.30. The molecule has 25 heavy (non-hydrogen) atoms. The molecule has 0 aromatic rings. The van der Waals surface area contributed by atoms with E-state index in [2.05, 4.69) is 33.5 Å². The van der Waals surface area contributed by atoms with Crippen LogP contribution in [0, 0.1) is 0 Å². The van der Waals surface area contributed by atoms with Crippen LogP contribution in [0.5, 0.6) is 0 Å². The molecule has 0 saturated heterocycles. The Morgan fingerprint density at radius 1 is 0.920 bits per heavy atom. The van der Waals surface area contributed by atoms with Crippen LogP contribution in [-0.4, -0.2) is 50.5 Å². The molecule has 0 aliphatic carbocycles. The fraction of sp³-hybridized carbons (Fsp3) is 0.824. The van der Waals surface area contributed by atoms with E-state index in [0.29, 0.717) is 26.4 Å². The number of esters is 1. The second-order valence-corrected chi connectivity index (χ2v) is 10.9. The van der Waals surface area contributed by atoms with Gasteiger partial charge in [-0.15, -0.1) is 0 Å². The van der Waals surface area contributed by atoms with Crippen molar-refractivity contribution in [1.82, 2.24) is 0 Å². The van der Waals surface area contributed by atoms with Crippen LogP contribution in [0.3, 0.4) is 0 Å². The minimum atomic E-state index is -3.01. The number of carbonyl (C=O) groups is 1. The van der Waals surface area contributed by atoms with Gasteiger partial charge in [0.15, 0.2) is 9.04 Å². The minimum absolute atomic E-state index is 0.365. The minimum Gasteiger partial charge on any atom is -0.463 e. The van der Waals surface area contributed by atoms with E-state index in [4.69, 9.17) is 22.1 Å². The molecular weight excluding hydrogens is 356 g/mol. The molecule has 0 aromatic carbocycles. The summed E-state index contributed by atoms with van der Waals surface area (Å²) in [5, 5.41) is 0. The van der Waals surface area contributed by atoms with Crippen LogP contribution >= 0.6 is 0 Å². The van der Waals surface area contributed by atoms with E-state index in [1.165, 1.54) is 6.08 Å². The summed E-state index contributed by atoms with van der Waals surface area (Å²) in [6, 6.07) is 0. The molecular formula is C17H36O6Si2. The van der Waals surface area contributed by atoms with Crippen molar-refractivity contribution in [3.63, 3.8) is 0 Å². The first kappa shape index (κ1) is 24.5. The molecule has 0 heterocycles. The number of hydrogen-bond acceptors (Lipinski definition) is 6. The zero-order valence-electron chi connectivity index (χ0n) is 16.4. The second kappa shape index (κ2) is 15.7. The molecule has 0 fully saturated rings. The molecule has 0 bridgehead atoms. The Balaban J connectivity index is 4.17. The van der Waals surface area contributed by atoms with Gasteiger partial charge in [0.25, 0.3) is 0 Å². The monoisotopic (exact) mass is 392 g/mol. The Labute approximate surface area is 156 Å². The van der Waals surface area contributed by atoms with Gasteiger partial charge in [-0.05, 0) is 45.2 Å². The smallest absolute Gasteiger partial charge is 0.463 e. The fourth-order valence-corrected chi connectivity index (χ4v) is 6.63. The number of carbonyl (C=O) groups excluding carboxylic acids is 1. The van der Waals surface area contributed by atoms with Gasteiger partial charge in [-0.1, -0.05) is 26.8 Å². The third-order valence-electron chi connectivity index (χ3n) is 3.07. The highest BCUT2D eigenvalue weighted by molar-refractivity contribution is 6.66. The van der Waals surface area contributed by atoms with Gasteiger partial charge in [0.05, 0.1) is 6.61 Å². The van der Waals surface area contributed by atoms with Crippen molar-refractivity contribution in [3.05, 3.63) is 12.7 Å². The van der Waals surface area contributed by atoms with Gasteiger partial charge in [-0.3, -0.25) is 0 Å². The van der Waals surface area contributed by atoms with Gasteiger partial charge in [-0.25, -0.2) is 4.79 Å². The van der Waals surface area contributed by atoms with Crippen LogP contribution in [-0.2, 0) is 26.9 Å². The Hall–Kier alpha value is -0.516. The number of hydrogen-bond donors (Lipinski definition) is 0. The van der Waals surface area contributed by atoms with Crippen molar-refractivity contribution >= 4 is 24.1 Å². The maximum atomic E-state index is 10.9. The molecule has 6 nitrogen and oxygen atoms in total. The van der Waals surface area contributed by atoms with Crippen molar-refractivity contribution in [3.8, 4) is 0 Å². The summed E-state index contributed by atoms with van der Waals surface area (Å²) < 4.78 is 28.9. The summed E-state index contributed by atoms with van der Waals surface area (Å²) >= 11 is 0. The third-order valence-corrected chi connectivity index (χ3v) is 7.79. The topological polar surface area (TPSA) is 63.2 Å². The van der Waals surface area contributed by atoms with Crippen molar-refractivity contribution < 1.29 is 26.9 Å². The molecule has 0 atom stereocenters. The Morgan fingerprint density at radius 3 is 1.92 bits per heavy atom. The van der Waals surface area contributed by atoms with Crippen LogP contribution in [0.4, 0.5) is 0 Å². The Kier molecular flexibility index (Phi) is 15.4. The van der Waals surface area contributed by atoms with E-state index in [1.807, 2.05) is 0 Å². The van der Waals surface area contributed by atoms with E-state index in [1.54, 1.807) is 0 Å². The average molecular weight is 393 g/mol. The third kappa shape index (κ3) is 13.4. The lowest BCUT2D eigenvalue weighted by atomic mass is 10.2. The zero-order chi connectivity index (χ0) is 19.0. The summed E-state index contributed by atoms with van der Waals surface area (Å²) in [5.74, 6) is -0.365. The molecule has 0 saturated carbocycles. The molecule has 0 unspecified atom stereocenters. The van der Waals surface area contributed by atoms with Crippen molar-refractivity contribution in [2.24, 2.45) is 0 Å². The summed E-state index contributed by atoms with van der Waals surface area (Å²) in [6.45, 7) is 13.9. The molecule has 0 radical (unpaired) electrons. The van der Waals surface area contributed by atoms with Crippen molar-refractivity contribution in [2.45, 2.75) is 65.5 Å². The average Bonchev–Trinajstić information content (AvgIpc) is 2.59. The van der Waals surface area contributed by atoms with E-state index >= 15 is 0 Å². The normalized spacial score (nSPS) is 11.7. The van der Waals surface area contributed by atoms with Crippen LogP contribution in [0.15, 0.2) is 12.7 Å². The Morgan fingerprint density at radius 2 is 1.44 bits per heavy atom. The van der Waals surface area contributed by atoms with Crippen LogP contribution < -0.4 is 0 Å². The maximum Gasteiger partial charge on any atom is 0.668 e. The van der Waals surface area contributed by atoms with Gasteiger partial charge in [0.2, 0.25) is 0 Å². The molecule has 8 heteroatoms. The van der Waals surface area contributed by atoms with Crippen molar-refractivity contribution in [2.75, 3.05) is 26.4 Å². The SMILES string of the molecule is C=CC(=O)OCCCCCCO[Si](OCCC)(OCCC)O[SiH](C)C. The lowest BCUT2D eigenvalue weighted by Crippen LogP contribution is -2.52. The highest BCUT2D eigenvalue weighted by atomic mass is 28.4. The molecule has 0 rings (SSSR count).